The number of halogens is 1. The molecule has 0 radical (unpaired) electrons. The number of anilines is 1. The van der Waals surface area contributed by atoms with Gasteiger partial charge in [-0.25, -0.2) is 4.79 Å². The Morgan fingerprint density at radius 1 is 1.48 bits per heavy atom. The summed E-state index contributed by atoms with van der Waals surface area (Å²) in [4.78, 5) is 15.8. The maximum Gasteiger partial charge on any atom is 0.352 e. The number of nitrogens with one attached hydrogen (secondary N) is 2. The van der Waals surface area contributed by atoms with Crippen LogP contribution >= 0.6 is 15.9 Å². The van der Waals surface area contributed by atoms with E-state index in [9.17, 15) is 4.79 Å². The lowest BCUT2D eigenvalue weighted by Crippen LogP contribution is -2.30. The van der Waals surface area contributed by atoms with E-state index >= 15 is 0 Å². The zero-order valence-electron chi connectivity index (χ0n) is 12.9. The summed E-state index contributed by atoms with van der Waals surface area (Å²) in [5.41, 5.74) is 0.346. The van der Waals surface area contributed by atoms with Gasteiger partial charge >= 0.3 is 5.97 Å². The van der Waals surface area contributed by atoms with Gasteiger partial charge in [0.15, 0.2) is 0 Å². The van der Waals surface area contributed by atoms with Crippen molar-refractivity contribution in [3.63, 3.8) is 0 Å². The van der Waals surface area contributed by atoms with Crippen LogP contribution in [0.25, 0.3) is 0 Å². The highest BCUT2D eigenvalue weighted by atomic mass is 79.9. The molecule has 1 aromatic heterocycles. The Kier molecular flexibility index (Phi) is 6.33. The molecule has 0 aliphatic rings. The van der Waals surface area contributed by atoms with Crippen molar-refractivity contribution in [1.82, 2.24) is 4.98 Å². The molecule has 0 spiro atoms. The van der Waals surface area contributed by atoms with Gasteiger partial charge in [-0.3, -0.25) is 10.4 Å². The highest BCUT2D eigenvalue weighted by Gasteiger charge is 2.21. The van der Waals surface area contributed by atoms with E-state index in [1.54, 1.807) is 33.2 Å². The zero-order chi connectivity index (χ0) is 16.0. The second-order valence-electron chi connectivity index (χ2n) is 6.06. The lowest BCUT2D eigenvalue weighted by atomic mass is 10.0. The van der Waals surface area contributed by atoms with Crippen molar-refractivity contribution < 1.29 is 9.53 Å². The molecular formula is C15H22BrN3O2. The van der Waals surface area contributed by atoms with Crippen LogP contribution in [0.4, 0.5) is 5.69 Å². The van der Waals surface area contributed by atoms with Crippen LogP contribution in [0, 0.1) is 11.3 Å². The molecule has 0 aromatic carbocycles. The van der Waals surface area contributed by atoms with Crippen LogP contribution in [0.2, 0.25) is 0 Å². The first-order chi connectivity index (χ1) is 9.67. The van der Waals surface area contributed by atoms with Gasteiger partial charge in [0, 0.05) is 23.6 Å². The minimum atomic E-state index is -0.563. The van der Waals surface area contributed by atoms with Gasteiger partial charge in [-0.15, -0.1) is 0 Å². The van der Waals surface area contributed by atoms with Crippen molar-refractivity contribution in [1.29, 1.82) is 5.41 Å². The number of ether oxygens (including phenoxy) is 1. The Hall–Kier alpha value is -1.43. The summed E-state index contributed by atoms with van der Waals surface area (Å²) >= 11 is 3.36. The van der Waals surface area contributed by atoms with Crippen LogP contribution in [0.3, 0.4) is 0 Å². The predicted molar refractivity (Wildman–Crippen MR) is 87.8 cm³/mol. The Bertz CT molecular complexity index is 512. The highest BCUT2D eigenvalue weighted by Crippen LogP contribution is 2.15. The number of carbonyl (C=O) groups is 1. The van der Waals surface area contributed by atoms with Gasteiger partial charge in [0.05, 0.1) is 11.9 Å². The summed E-state index contributed by atoms with van der Waals surface area (Å²) in [6, 6.07) is 1.93. The van der Waals surface area contributed by atoms with Crippen molar-refractivity contribution in [2.45, 2.75) is 39.7 Å². The number of hydrogen-bond donors (Lipinski definition) is 2. The molecule has 0 saturated carbocycles. The van der Waals surface area contributed by atoms with E-state index in [0.717, 1.165) is 10.2 Å². The van der Waals surface area contributed by atoms with Crippen LogP contribution in [0.1, 0.15) is 34.1 Å². The quantitative estimate of drug-likeness (QED) is 0.603. The number of hydrogen-bond acceptors (Lipinski definition) is 5. The molecule has 1 atom stereocenters. The van der Waals surface area contributed by atoms with Crippen LogP contribution in [-0.4, -0.2) is 28.8 Å². The fourth-order valence-electron chi connectivity index (χ4n) is 1.64. The molecule has 1 rings (SSSR count). The van der Waals surface area contributed by atoms with E-state index < -0.39 is 11.6 Å². The highest BCUT2D eigenvalue weighted by molar-refractivity contribution is 9.10. The number of nitrogens with zero attached hydrogens (tertiary/aromatic N) is 1. The molecule has 116 valence electrons. The van der Waals surface area contributed by atoms with Gasteiger partial charge in [0.1, 0.15) is 11.3 Å². The molecule has 0 unspecified atom stereocenters. The molecule has 21 heavy (non-hydrogen) atoms. The zero-order valence-corrected chi connectivity index (χ0v) is 14.5. The first kappa shape index (κ1) is 17.6. The smallest absolute Gasteiger partial charge is 0.352 e. The van der Waals surface area contributed by atoms with Crippen LogP contribution in [-0.2, 0) is 9.53 Å². The van der Waals surface area contributed by atoms with E-state index in [4.69, 9.17) is 10.1 Å². The average Bonchev–Trinajstić information content (AvgIpc) is 2.34. The van der Waals surface area contributed by atoms with Gasteiger partial charge in [-0.2, -0.15) is 0 Å². The average molecular weight is 356 g/mol. The molecule has 0 amide bonds. The van der Waals surface area contributed by atoms with Crippen LogP contribution in [0.5, 0.6) is 0 Å². The molecule has 0 aliphatic carbocycles. The number of aromatic nitrogens is 1. The monoisotopic (exact) mass is 355 g/mol. The summed E-state index contributed by atoms with van der Waals surface area (Å²) in [5, 5.41) is 11.0. The molecule has 1 aromatic rings. The standard InChI is InChI=1S/C15H22BrN3O2/c1-10(5-13(17)14(20)21-15(2,3)4)7-19-12-6-11(16)8-18-9-12/h6,8-10,17,19H,5,7H2,1-4H3/t10-/m1/s1. The molecule has 6 heteroatoms. The van der Waals surface area contributed by atoms with Crippen molar-refractivity contribution in [3.05, 3.63) is 22.9 Å². The molecule has 2 N–H and O–H groups in total. The van der Waals surface area contributed by atoms with E-state index in [2.05, 4.69) is 26.2 Å². The van der Waals surface area contributed by atoms with Gasteiger partial charge in [0.2, 0.25) is 0 Å². The number of esters is 1. The van der Waals surface area contributed by atoms with Gasteiger partial charge in [0.25, 0.3) is 0 Å². The summed E-state index contributed by atoms with van der Waals surface area (Å²) in [6.45, 7) is 8.02. The van der Waals surface area contributed by atoms with E-state index in [1.165, 1.54) is 0 Å². The molecule has 1 heterocycles. The second-order valence-corrected chi connectivity index (χ2v) is 6.98. The Morgan fingerprint density at radius 2 is 2.14 bits per heavy atom. The topological polar surface area (TPSA) is 75.1 Å². The second kappa shape index (κ2) is 7.54. The Labute approximate surface area is 134 Å². The first-order valence-corrected chi connectivity index (χ1v) is 7.62. The maximum absolute atomic E-state index is 11.7. The summed E-state index contributed by atoms with van der Waals surface area (Å²) in [6.07, 6.45) is 3.83. The largest absolute Gasteiger partial charge is 0.456 e. The SMILES string of the molecule is C[C@@H](CNc1cncc(Br)c1)CC(=N)C(=O)OC(C)(C)C. The van der Waals surface area contributed by atoms with Crippen molar-refractivity contribution in [2.24, 2.45) is 5.92 Å². The molecule has 0 saturated heterocycles. The summed E-state index contributed by atoms with van der Waals surface area (Å²) < 4.78 is 6.08. The normalized spacial score (nSPS) is 12.6. The fourth-order valence-corrected chi connectivity index (χ4v) is 2.01. The molecular weight excluding hydrogens is 334 g/mol. The number of rotatable bonds is 6. The molecule has 0 fully saturated rings. The molecule has 0 bridgehead atoms. The maximum atomic E-state index is 11.7. The third-order valence-electron chi connectivity index (χ3n) is 2.56. The number of pyridine rings is 1. The first-order valence-electron chi connectivity index (χ1n) is 6.82. The molecule has 5 nitrogen and oxygen atoms in total. The van der Waals surface area contributed by atoms with Gasteiger partial charge in [-0.1, -0.05) is 6.92 Å². The van der Waals surface area contributed by atoms with Gasteiger partial charge in [-0.05, 0) is 48.7 Å². The van der Waals surface area contributed by atoms with Crippen LogP contribution < -0.4 is 5.32 Å². The lowest BCUT2D eigenvalue weighted by molar-refractivity contribution is -0.146. The minimum absolute atomic E-state index is 0.00610. The minimum Gasteiger partial charge on any atom is -0.456 e. The van der Waals surface area contributed by atoms with Crippen molar-refractivity contribution in [3.8, 4) is 0 Å². The predicted octanol–water partition coefficient (Wildman–Crippen LogP) is 3.64. The third-order valence-corrected chi connectivity index (χ3v) is 2.99. The lowest BCUT2D eigenvalue weighted by Gasteiger charge is -2.20. The third kappa shape index (κ3) is 7.22. The molecule has 0 aliphatic heterocycles. The summed E-state index contributed by atoms with van der Waals surface area (Å²) in [5.74, 6) is -0.400. The van der Waals surface area contributed by atoms with E-state index in [-0.39, 0.29) is 11.6 Å². The van der Waals surface area contributed by atoms with E-state index in [0.29, 0.717) is 13.0 Å². The van der Waals surface area contributed by atoms with Crippen molar-refractivity contribution >= 4 is 33.3 Å². The summed E-state index contributed by atoms with van der Waals surface area (Å²) in [7, 11) is 0. The van der Waals surface area contributed by atoms with Crippen LogP contribution in [0.15, 0.2) is 22.9 Å². The fraction of sp³-hybridized carbons (Fsp3) is 0.533. The number of carbonyl (C=O) groups excluding carboxylic acids is 1. The van der Waals surface area contributed by atoms with E-state index in [1.807, 2.05) is 13.0 Å². The van der Waals surface area contributed by atoms with Crippen molar-refractivity contribution in [2.75, 3.05) is 11.9 Å². The Balaban J connectivity index is 2.41. The Morgan fingerprint density at radius 3 is 2.71 bits per heavy atom. The van der Waals surface area contributed by atoms with Gasteiger partial charge < -0.3 is 10.1 Å².